The van der Waals surface area contributed by atoms with Crippen LogP contribution in [0.3, 0.4) is 0 Å². The van der Waals surface area contributed by atoms with Crippen LogP contribution in [-0.2, 0) is 22.4 Å². The molecular weight excluding hydrogens is 376 g/mol. The third-order valence-electron chi connectivity index (χ3n) is 5.46. The topological polar surface area (TPSA) is 102 Å². The van der Waals surface area contributed by atoms with Crippen LogP contribution in [-0.4, -0.2) is 47.8 Å². The Balaban J connectivity index is 1.87. The molecule has 1 aromatic heterocycles. The van der Waals surface area contributed by atoms with Crippen molar-refractivity contribution in [2.45, 2.75) is 45.6 Å². The van der Waals surface area contributed by atoms with E-state index in [2.05, 4.69) is 5.16 Å². The third-order valence-corrected chi connectivity index (χ3v) is 5.46. The van der Waals surface area contributed by atoms with Gasteiger partial charge < -0.3 is 24.0 Å². The summed E-state index contributed by atoms with van der Waals surface area (Å²) in [6.45, 7) is 4.13. The Labute approximate surface area is 169 Å². The second kappa shape index (κ2) is 8.55. The standard InChI is InChI=1S/C21H26N2O6/c1-12-15(13(2)29-22-12)5-6-20(24)23-8-7-14-9-18(27-3)19(28-4)10-16(14)17(23)11-21(25)26/h9-10,17H,5-8,11H2,1-4H3,(H,25,26)/t17-/m0/s1. The normalized spacial score (nSPS) is 15.7. The molecule has 1 amide bonds. The van der Waals surface area contributed by atoms with E-state index < -0.39 is 12.0 Å². The maximum atomic E-state index is 13.0. The van der Waals surface area contributed by atoms with E-state index in [0.717, 1.165) is 22.4 Å². The summed E-state index contributed by atoms with van der Waals surface area (Å²) in [6, 6.07) is 3.11. The van der Waals surface area contributed by atoms with Crippen LogP contribution in [0, 0.1) is 13.8 Å². The van der Waals surface area contributed by atoms with Gasteiger partial charge in [0, 0.05) is 18.5 Å². The number of amides is 1. The molecule has 0 spiro atoms. The fourth-order valence-electron chi connectivity index (χ4n) is 3.95. The molecule has 0 aliphatic carbocycles. The van der Waals surface area contributed by atoms with Crippen molar-refractivity contribution < 1.29 is 28.7 Å². The highest BCUT2D eigenvalue weighted by Crippen LogP contribution is 2.39. The van der Waals surface area contributed by atoms with E-state index in [-0.39, 0.29) is 18.7 Å². The molecule has 1 aliphatic heterocycles. The van der Waals surface area contributed by atoms with Gasteiger partial charge >= 0.3 is 5.97 Å². The Morgan fingerprint density at radius 2 is 1.93 bits per heavy atom. The number of ether oxygens (including phenoxy) is 2. The summed E-state index contributed by atoms with van der Waals surface area (Å²) in [5.41, 5.74) is 3.47. The van der Waals surface area contributed by atoms with Gasteiger partial charge in [0.1, 0.15) is 5.76 Å². The van der Waals surface area contributed by atoms with Gasteiger partial charge in [0.25, 0.3) is 0 Å². The minimum atomic E-state index is -0.957. The van der Waals surface area contributed by atoms with Crippen molar-refractivity contribution in [3.63, 3.8) is 0 Å². The highest BCUT2D eigenvalue weighted by molar-refractivity contribution is 5.79. The van der Waals surface area contributed by atoms with Crippen molar-refractivity contribution in [2.75, 3.05) is 20.8 Å². The monoisotopic (exact) mass is 402 g/mol. The molecule has 1 atom stereocenters. The van der Waals surface area contributed by atoms with Gasteiger partial charge in [0.05, 0.1) is 32.4 Å². The molecule has 0 fully saturated rings. The van der Waals surface area contributed by atoms with Crippen molar-refractivity contribution in [3.05, 3.63) is 40.3 Å². The number of nitrogens with zero attached hydrogens (tertiary/aromatic N) is 2. The molecule has 8 heteroatoms. The molecule has 8 nitrogen and oxygen atoms in total. The van der Waals surface area contributed by atoms with Crippen LogP contribution >= 0.6 is 0 Å². The predicted octanol–water partition coefficient (Wildman–Crippen LogP) is 2.84. The van der Waals surface area contributed by atoms with Gasteiger partial charge in [-0.2, -0.15) is 0 Å². The number of benzene rings is 1. The van der Waals surface area contributed by atoms with Gasteiger partial charge in [-0.15, -0.1) is 0 Å². The van der Waals surface area contributed by atoms with Crippen LogP contribution in [0.5, 0.6) is 11.5 Å². The summed E-state index contributed by atoms with van der Waals surface area (Å²) in [7, 11) is 3.10. The number of rotatable bonds is 7. The van der Waals surface area contributed by atoms with Gasteiger partial charge in [-0.3, -0.25) is 9.59 Å². The molecular formula is C21H26N2O6. The van der Waals surface area contributed by atoms with Gasteiger partial charge in [-0.05, 0) is 49.9 Å². The number of carboxylic acids is 1. The smallest absolute Gasteiger partial charge is 0.305 e. The Morgan fingerprint density at radius 3 is 2.52 bits per heavy atom. The number of carbonyl (C=O) groups excluding carboxylic acids is 1. The molecule has 0 saturated heterocycles. The van der Waals surface area contributed by atoms with Crippen molar-refractivity contribution in [1.29, 1.82) is 0 Å². The number of methoxy groups -OCH3 is 2. The van der Waals surface area contributed by atoms with Crippen molar-refractivity contribution in [3.8, 4) is 11.5 Å². The lowest BCUT2D eigenvalue weighted by Crippen LogP contribution is -2.41. The second-order valence-electron chi connectivity index (χ2n) is 7.16. The zero-order chi connectivity index (χ0) is 21.1. The lowest BCUT2D eigenvalue weighted by atomic mass is 9.89. The number of aromatic nitrogens is 1. The van der Waals surface area contributed by atoms with Gasteiger partial charge in [-0.25, -0.2) is 0 Å². The van der Waals surface area contributed by atoms with E-state index in [1.807, 2.05) is 19.9 Å². The Kier molecular flexibility index (Phi) is 6.10. The summed E-state index contributed by atoms with van der Waals surface area (Å²) >= 11 is 0. The SMILES string of the molecule is COc1cc2c(cc1OC)[C@H](CC(=O)O)N(C(=O)CCc1c(C)noc1C)CC2. The maximum absolute atomic E-state index is 13.0. The molecule has 0 bridgehead atoms. The molecule has 1 aromatic carbocycles. The van der Waals surface area contributed by atoms with E-state index in [4.69, 9.17) is 14.0 Å². The average Bonchev–Trinajstić information content (AvgIpc) is 3.02. The molecule has 1 N–H and O–H groups in total. The average molecular weight is 402 g/mol. The Bertz CT molecular complexity index is 901. The summed E-state index contributed by atoms with van der Waals surface area (Å²) in [5, 5.41) is 13.4. The van der Waals surface area contributed by atoms with Crippen LogP contribution in [0.2, 0.25) is 0 Å². The molecule has 0 unspecified atom stereocenters. The number of carbonyl (C=O) groups is 2. The van der Waals surface area contributed by atoms with E-state index in [1.165, 1.54) is 7.11 Å². The number of hydrogen-bond donors (Lipinski definition) is 1. The van der Waals surface area contributed by atoms with Crippen LogP contribution in [0.4, 0.5) is 0 Å². The van der Waals surface area contributed by atoms with Gasteiger partial charge in [0.2, 0.25) is 5.91 Å². The quantitative estimate of drug-likeness (QED) is 0.760. The Morgan fingerprint density at radius 1 is 1.24 bits per heavy atom. The van der Waals surface area contributed by atoms with E-state index in [9.17, 15) is 14.7 Å². The number of hydrogen-bond acceptors (Lipinski definition) is 6. The molecule has 3 rings (SSSR count). The highest BCUT2D eigenvalue weighted by atomic mass is 16.5. The summed E-state index contributed by atoms with van der Waals surface area (Å²) in [6.07, 6.45) is 1.24. The molecule has 0 radical (unpaired) electrons. The third kappa shape index (κ3) is 4.21. The maximum Gasteiger partial charge on any atom is 0.305 e. The first-order valence-electron chi connectivity index (χ1n) is 9.53. The second-order valence-corrected chi connectivity index (χ2v) is 7.16. The fraction of sp³-hybridized carbons (Fsp3) is 0.476. The van der Waals surface area contributed by atoms with Crippen molar-refractivity contribution in [2.24, 2.45) is 0 Å². The van der Waals surface area contributed by atoms with Crippen LogP contribution in [0.15, 0.2) is 16.7 Å². The molecule has 29 heavy (non-hydrogen) atoms. The van der Waals surface area contributed by atoms with E-state index >= 15 is 0 Å². The van der Waals surface area contributed by atoms with Gasteiger partial charge in [0.15, 0.2) is 11.5 Å². The number of aliphatic carboxylic acids is 1. The lowest BCUT2D eigenvalue weighted by molar-refractivity contribution is -0.141. The van der Waals surface area contributed by atoms with Crippen molar-refractivity contribution >= 4 is 11.9 Å². The molecule has 2 aromatic rings. The van der Waals surface area contributed by atoms with Crippen LogP contribution in [0.1, 0.15) is 47.0 Å². The van der Waals surface area contributed by atoms with E-state index in [0.29, 0.717) is 36.6 Å². The zero-order valence-corrected chi connectivity index (χ0v) is 17.2. The molecule has 1 aliphatic rings. The number of carboxylic acid groups (broad SMARTS) is 1. The first-order valence-corrected chi connectivity index (χ1v) is 9.53. The summed E-state index contributed by atoms with van der Waals surface area (Å²) in [4.78, 5) is 26.2. The van der Waals surface area contributed by atoms with Crippen LogP contribution in [0.25, 0.3) is 0 Å². The van der Waals surface area contributed by atoms with E-state index in [1.54, 1.807) is 18.1 Å². The van der Waals surface area contributed by atoms with Crippen LogP contribution < -0.4 is 9.47 Å². The first kappa shape index (κ1) is 20.7. The zero-order valence-electron chi connectivity index (χ0n) is 17.2. The summed E-state index contributed by atoms with van der Waals surface area (Å²) < 4.78 is 15.9. The first-order chi connectivity index (χ1) is 13.8. The fourth-order valence-corrected chi connectivity index (χ4v) is 3.95. The minimum absolute atomic E-state index is 0.0864. The predicted molar refractivity (Wildman–Crippen MR) is 104 cm³/mol. The van der Waals surface area contributed by atoms with Gasteiger partial charge in [-0.1, -0.05) is 5.16 Å². The number of aryl methyl sites for hydroxylation is 2. The lowest BCUT2D eigenvalue weighted by Gasteiger charge is -2.37. The highest BCUT2D eigenvalue weighted by Gasteiger charge is 2.33. The minimum Gasteiger partial charge on any atom is -0.493 e. The Hall–Kier alpha value is -3.03. The molecule has 156 valence electrons. The largest absolute Gasteiger partial charge is 0.493 e. The number of fused-ring (bicyclic) bond motifs is 1. The van der Waals surface area contributed by atoms with Crippen molar-refractivity contribution in [1.82, 2.24) is 10.1 Å². The molecule has 2 heterocycles. The summed E-state index contributed by atoms with van der Waals surface area (Å²) in [5.74, 6) is 0.779. The molecule has 0 saturated carbocycles.